The first-order chi connectivity index (χ1) is 10.6. The van der Waals surface area contributed by atoms with E-state index in [1.54, 1.807) is 13.0 Å². The molecule has 1 saturated carbocycles. The van der Waals surface area contributed by atoms with Gasteiger partial charge in [-0.05, 0) is 68.4 Å². The minimum atomic E-state index is -0.978. The molecule has 0 aromatic rings. The van der Waals surface area contributed by atoms with Gasteiger partial charge in [-0.25, -0.2) is 0 Å². The van der Waals surface area contributed by atoms with E-state index in [0.717, 1.165) is 18.4 Å². The van der Waals surface area contributed by atoms with E-state index in [0.29, 0.717) is 23.8 Å². The lowest BCUT2D eigenvalue weighted by molar-refractivity contribution is 0.0711. The summed E-state index contributed by atoms with van der Waals surface area (Å²) >= 11 is 0. The lowest BCUT2D eigenvalue weighted by Gasteiger charge is -2.18. The first-order valence-corrected chi connectivity index (χ1v) is 8.71. The largest absolute Gasteiger partial charge is 0.388 e. The van der Waals surface area contributed by atoms with Crippen LogP contribution in [0, 0.1) is 17.3 Å². The van der Waals surface area contributed by atoms with Gasteiger partial charge in [0.15, 0.2) is 0 Å². The summed E-state index contributed by atoms with van der Waals surface area (Å²) in [6, 6.07) is 0. The highest BCUT2D eigenvalue weighted by molar-refractivity contribution is 5.23. The minimum Gasteiger partial charge on any atom is -0.388 e. The average molecular weight is 320 g/mol. The van der Waals surface area contributed by atoms with Crippen LogP contribution in [0.4, 0.5) is 0 Å². The van der Waals surface area contributed by atoms with Crippen LogP contribution in [0.5, 0.6) is 0 Å². The van der Waals surface area contributed by atoms with Crippen LogP contribution in [-0.4, -0.2) is 33.6 Å². The third-order valence-electron chi connectivity index (χ3n) is 5.87. The van der Waals surface area contributed by atoms with E-state index in [9.17, 15) is 15.3 Å². The SMILES string of the molecule is C/C1=C\CC(O)/C(C)=C/C(O)C(O)/C(C)=C/[C@@H]2[C@H](CC1)C2(C)C. The van der Waals surface area contributed by atoms with Gasteiger partial charge in [0.05, 0.1) is 6.10 Å². The van der Waals surface area contributed by atoms with Gasteiger partial charge in [0, 0.05) is 0 Å². The summed E-state index contributed by atoms with van der Waals surface area (Å²) in [5, 5.41) is 30.8. The molecule has 0 aromatic carbocycles. The number of aliphatic hydroxyl groups is 3. The Hall–Kier alpha value is -0.900. The number of rotatable bonds is 0. The van der Waals surface area contributed by atoms with Gasteiger partial charge in [0.1, 0.15) is 12.2 Å². The van der Waals surface area contributed by atoms with Crippen molar-refractivity contribution in [2.75, 3.05) is 0 Å². The number of hydrogen-bond acceptors (Lipinski definition) is 3. The van der Waals surface area contributed by atoms with Crippen LogP contribution < -0.4 is 0 Å². The van der Waals surface area contributed by atoms with E-state index in [4.69, 9.17) is 0 Å². The van der Waals surface area contributed by atoms with Gasteiger partial charge in [-0.2, -0.15) is 0 Å². The van der Waals surface area contributed by atoms with Crippen LogP contribution >= 0.6 is 0 Å². The Balaban J connectivity index is 2.28. The van der Waals surface area contributed by atoms with Crippen molar-refractivity contribution in [1.29, 1.82) is 0 Å². The smallest absolute Gasteiger partial charge is 0.104 e. The molecule has 5 atom stereocenters. The van der Waals surface area contributed by atoms with Gasteiger partial charge in [0.2, 0.25) is 0 Å². The Kier molecular flexibility index (Phi) is 5.55. The van der Waals surface area contributed by atoms with Crippen LogP contribution in [-0.2, 0) is 0 Å². The summed E-state index contributed by atoms with van der Waals surface area (Å²) in [7, 11) is 0. The van der Waals surface area contributed by atoms with Crippen molar-refractivity contribution in [3.63, 3.8) is 0 Å². The second kappa shape index (κ2) is 6.92. The molecule has 2 aliphatic rings. The van der Waals surface area contributed by atoms with Crippen molar-refractivity contribution < 1.29 is 15.3 Å². The Morgan fingerprint density at radius 2 is 1.65 bits per heavy atom. The molecular weight excluding hydrogens is 288 g/mol. The molecule has 0 amide bonds. The molecule has 0 saturated heterocycles. The fourth-order valence-electron chi connectivity index (χ4n) is 3.78. The molecule has 0 bridgehead atoms. The molecule has 0 aliphatic heterocycles. The van der Waals surface area contributed by atoms with E-state index >= 15 is 0 Å². The van der Waals surface area contributed by atoms with Crippen LogP contribution in [0.2, 0.25) is 0 Å². The third-order valence-corrected chi connectivity index (χ3v) is 5.87. The van der Waals surface area contributed by atoms with E-state index in [2.05, 4.69) is 32.9 Å². The number of allylic oxidation sites excluding steroid dienone is 2. The van der Waals surface area contributed by atoms with Gasteiger partial charge < -0.3 is 15.3 Å². The lowest BCUT2D eigenvalue weighted by atomic mass is 9.97. The van der Waals surface area contributed by atoms with Crippen molar-refractivity contribution in [1.82, 2.24) is 0 Å². The fraction of sp³-hybridized carbons (Fsp3) is 0.700. The molecule has 0 spiro atoms. The van der Waals surface area contributed by atoms with Crippen LogP contribution in [0.1, 0.15) is 53.9 Å². The van der Waals surface area contributed by atoms with Crippen LogP contribution in [0.15, 0.2) is 34.9 Å². The maximum atomic E-state index is 10.4. The maximum absolute atomic E-state index is 10.4. The second-order valence-electron chi connectivity index (χ2n) is 8.05. The maximum Gasteiger partial charge on any atom is 0.104 e. The molecule has 1 fully saturated rings. The monoisotopic (exact) mass is 320 g/mol. The predicted octanol–water partition coefficient (Wildman–Crippen LogP) is 3.36. The zero-order chi connectivity index (χ0) is 17.4. The zero-order valence-corrected chi connectivity index (χ0v) is 15.1. The zero-order valence-electron chi connectivity index (χ0n) is 15.1. The van der Waals surface area contributed by atoms with Crippen molar-refractivity contribution in [3.8, 4) is 0 Å². The Labute approximate surface area is 140 Å². The molecule has 3 unspecified atom stereocenters. The molecule has 23 heavy (non-hydrogen) atoms. The highest BCUT2D eigenvalue weighted by Crippen LogP contribution is 2.61. The number of aliphatic hydroxyl groups excluding tert-OH is 3. The van der Waals surface area contributed by atoms with Gasteiger partial charge in [0.25, 0.3) is 0 Å². The first-order valence-electron chi connectivity index (χ1n) is 8.71. The highest BCUT2D eigenvalue weighted by atomic mass is 16.3. The van der Waals surface area contributed by atoms with Crippen molar-refractivity contribution in [2.45, 2.75) is 72.2 Å². The van der Waals surface area contributed by atoms with Gasteiger partial charge >= 0.3 is 0 Å². The van der Waals surface area contributed by atoms with Crippen molar-refractivity contribution in [2.24, 2.45) is 17.3 Å². The molecule has 0 radical (unpaired) electrons. The fourth-order valence-corrected chi connectivity index (χ4v) is 3.78. The van der Waals surface area contributed by atoms with E-state index in [-0.39, 0.29) is 5.41 Å². The summed E-state index contributed by atoms with van der Waals surface area (Å²) < 4.78 is 0. The molecule has 2 aliphatic carbocycles. The molecular formula is C20H32O3. The molecule has 0 aromatic heterocycles. The number of fused-ring (bicyclic) bond motifs is 1. The lowest BCUT2D eigenvalue weighted by Crippen LogP contribution is -2.26. The Bertz CT molecular complexity index is 527. The average Bonchev–Trinajstić information content (AvgIpc) is 3.00. The van der Waals surface area contributed by atoms with E-state index in [1.807, 2.05) is 6.92 Å². The van der Waals surface area contributed by atoms with Crippen LogP contribution in [0.25, 0.3) is 0 Å². The summed E-state index contributed by atoms with van der Waals surface area (Å²) in [5.74, 6) is 1.09. The summed E-state index contributed by atoms with van der Waals surface area (Å²) in [6.45, 7) is 10.4. The quantitative estimate of drug-likeness (QED) is 0.600. The Morgan fingerprint density at radius 3 is 2.30 bits per heavy atom. The van der Waals surface area contributed by atoms with Crippen molar-refractivity contribution >= 4 is 0 Å². The second-order valence-corrected chi connectivity index (χ2v) is 8.05. The molecule has 0 heterocycles. The molecule has 2 rings (SSSR count). The molecule has 3 N–H and O–H groups in total. The summed E-state index contributed by atoms with van der Waals surface area (Å²) in [6.07, 6.45) is 6.07. The summed E-state index contributed by atoms with van der Waals surface area (Å²) in [5.41, 5.74) is 3.10. The third kappa shape index (κ3) is 4.14. The first kappa shape index (κ1) is 18.4. The number of hydrogen-bond donors (Lipinski definition) is 3. The normalized spacial score (nSPS) is 45.4. The molecule has 3 heteroatoms. The highest BCUT2D eigenvalue weighted by Gasteiger charge is 2.55. The van der Waals surface area contributed by atoms with Gasteiger partial charge in [-0.3, -0.25) is 0 Å². The minimum absolute atomic E-state index is 0.262. The topological polar surface area (TPSA) is 60.7 Å². The van der Waals surface area contributed by atoms with Gasteiger partial charge in [-0.1, -0.05) is 37.6 Å². The van der Waals surface area contributed by atoms with E-state index in [1.165, 1.54) is 5.57 Å². The molecule has 3 nitrogen and oxygen atoms in total. The summed E-state index contributed by atoms with van der Waals surface area (Å²) in [4.78, 5) is 0. The van der Waals surface area contributed by atoms with Crippen molar-refractivity contribution in [3.05, 3.63) is 34.9 Å². The Morgan fingerprint density at radius 1 is 1.00 bits per heavy atom. The molecule has 130 valence electrons. The standard InChI is InChI=1S/C20H32O3/c1-12-6-8-15-16(20(15,4)5)10-14(3)19(23)18(22)11-13(2)17(21)9-7-12/h7,10-11,15-19,21-23H,6,8-9H2,1-5H3/b12-7+,13-11+,14-10+/t15-,16+,17?,18?,19?/m0/s1. The van der Waals surface area contributed by atoms with Crippen LogP contribution in [0.3, 0.4) is 0 Å². The predicted molar refractivity (Wildman–Crippen MR) is 93.9 cm³/mol. The van der Waals surface area contributed by atoms with E-state index < -0.39 is 18.3 Å². The van der Waals surface area contributed by atoms with Gasteiger partial charge in [-0.15, -0.1) is 0 Å².